The van der Waals surface area contributed by atoms with Gasteiger partial charge in [-0.3, -0.25) is 4.90 Å². The third-order valence-corrected chi connectivity index (χ3v) is 4.11. The standard InChI is InChI=1S/C13H27N3/c1-15-8-10-16(11-9-15)7-6-14-12-13-4-2-3-5-13/h13-14H,2-12H2,1H3. The molecule has 0 aromatic heterocycles. The molecule has 2 aliphatic rings. The van der Waals surface area contributed by atoms with Crippen molar-refractivity contribution in [1.29, 1.82) is 0 Å². The van der Waals surface area contributed by atoms with Gasteiger partial charge in [-0.1, -0.05) is 12.8 Å². The molecule has 0 atom stereocenters. The van der Waals surface area contributed by atoms with Crippen LogP contribution in [0.4, 0.5) is 0 Å². The Balaban J connectivity index is 1.48. The topological polar surface area (TPSA) is 18.5 Å². The van der Waals surface area contributed by atoms with Crippen LogP contribution in [0.5, 0.6) is 0 Å². The summed E-state index contributed by atoms with van der Waals surface area (Å²) in [6.07, 6.45) is 5.85. The first-order valence-corrected chi connectivity index (χ1v) is 6.96. The van der Waals surface area contributed by atoms with Gasteiger partial charge in [0, 0.05) is 39.3 Å². The Bertz CT molecular complexity index is 182. The Kier molecular flexibility index (Phi) is 5.07. The minimum Gasteiger partial charge on any atom is -0.315 e. The minimum atomic E-state index is 0.979. The van der Waals surface area contributed by atoms with E-state index in [9.17, 15) is 0 Å². The fourth-order valence-electron chi connectivity index (χ4n) is 2.83. The lowest BCUT2D eigenvalue weighted by Gasteiger charge is -2.32. The summed E-state index contributed by atoms with van der Waals surface area (Å²) in [6.45, 7) is 8.66. The zero-order valence-corrected chi connectivity index (χ0v) is 10.7. The highest BCUT2D eigenvalue weighted by Crippen LogP contribution is 2.23. The molecule has 1 N–H and O–H groups in total. The van der Waals surface area contributed by atoms with Crippen LogP contribution in [-0.2, 0) is 0 Å². The molecule has 94 valence electrons. The molecule has 0 amide bonds. The average Bonchev–Trinajstić information content (AvgIpc) is 2.80. The van der Waals surface area contributed by atoms with Crippen molar-refractivity contribution in [2.75, 3.05) is 52.9 Å². The summed E-state index contributed by atoms with van der Waals surface area (Å²) in [5.74, 6) is 0.979. The van der Waals surface area contributed by atoms with Gasteiger partial charge in [-0.2, -0.15) is 0 Å². The summed E-state index contributed by atoms with van der Waals surface area (Å²) in [5, 5.41) is 3.63. The van der Waals surface area contributed by atoms with Crippen LogP contribution < -0.4 is 5.32 Å². The lowest BCUT2D eigenvalue weighted by Crippen LogP contribution is -2.46. The molecule has 2 rings (SSSR count). The molecule has 16 heavy (non-hydrogen) atoms. The first-order valence-electron chi connectivity index (χ1n) is 6.96. The smallest absolute Gasteiger partial charge is 0.0110 e. The number of likely N-dealkylation sites (N-methyl/N-ethyl adjacent to an activating group) is 1. The summed E-state index contributed by atoms with van der Waals surface area (Å²) >= 11 is 0. The molecule has 3 heteroatoms. The predicted octanol–water partition coefficient (Wildman–Crippen LogP) is 1.01. The Morgan fingerprint density at radius 3 is 2.44 bits per heavy atom. The van der Waals surface area contributed by atoms with Crippen molar-refractivity contribution in [2.24, 2.45) is 5.92 Å². The van der Waals surface area contributed by atoms with Crippen LogP contribution in [-0.4, -0.2) is 62.7 Å². The van der Waals surface area contributed by atoms with Gasteiger partial charge >= 0.3 is 0 Å². The SMILES string of the molecule is CN1CCN(CCNCC2CCCC2)CC1. The molecule has 0 unspecified atom stereocenters. The van der Waals surface area contributed by atoms with Crippen LogP contribution in [0.3, 0.4) is 0 Å². The average molecular weight is 225 g/mol. The molecular weight excluding hydrogens is 198 g/mol. The molecule has 3 nitrogen and oxygen atoms in total. The predicted molar refractivity (Wildman–Crippen MR) is 68.8 cm³/mol. The van der Waals surface area contributed by atoms with Gasteiger partial charge in [0.15, 0.2) is 0 Å². The van der Waals surface area contributed by atoms with E-state index in [0.717, 1.165) is 5.92 Å². The summed E-state index contributed by atoms with van der Waals surface area (Å²) in [7, 11) is 2.22. The fourth-order valence-corrected chi connectivity index (χ4v) is 2.83. The second-order valence-corrected chi connectivity index (χ2v) is 5.50. The maximum absolute atomic E-state index is 3.63. The molecule has 0 aromatic rings. The van der Waals surface area contributed by atoms with Gasteiger partial charge in [-0.05, 0) is 32.4 Å². The molecule has 0 aromatic carbocycles. The molecule has 0 radical (unpaired) electrons. The van der Waals surface area contributed by atoms with Crippen molar-refractivity contribution in [3.63, 3.8) is 0 Å². The summed E-state index contributed by atoms with van der Waals surface area (Å²) in [5.41, 5.74) is 0. The van der Waals surface area contributed by atoms with Crippen molar-refractivity contribution in [3.05, 3.63) is 0 Å². The Morgan fingerprint density at radius 2 is 1.75 bits per heavy atom. The zero-order valence-electron chi connectivity index (χ0n) is 10.7. The highest BCUT2D eigenvalue weighted by Gasteiger charge is 2.15. The van der Waals surface area contributed by atoms with E-state index in [1.807, 2.05) is 0 Å². The fraction of sp³-hybridized carbons (Fsp3) is 1.00. The second-order valence-electron chi connectivity index (χ2n) is 5.50. The number of piperazine rings is 1. The molecule has 1 saturated carbocycles. The molecule has 0 spiro atoms. The third kappa shape index (κ3) is 4.04. The van der Waals surface area contributed by atoms with Gasteiger partial charge < -0.3 is 10.2 Å². The minimum absolute atomic E-state index is 0.979. The van der Waals surface area contributed by atoms with Gasteiger partial charge in [0.25, 0.3) is 0 Å². The van der Waals surface area contributed by atoms with Crippen molar-refractivity contribution < 1.29 is 0 Å². The molecule has 1 aliphatic heterocycles. The van der Waals surface area contributed by atoms with Crippen LogP contribution in [0.15, 0.2) is 0 Å². The van der Waals surface area contributed by atoms with Crippen LogP contribution in [0, 0.1) is 5.92 Å². The molecular formula is C13H27N3. The number of nitrogens with one attached hydrogen (secondary N) is 1. The van der Waals surface area contributed by atoms with E-state index in [1.165, 1.54) is 71.5 Å². The first-order chi connectivity index (χ1) is 7.84. The molecule has 1 aliphatic carbocycles. The summed E-state index contributed by atoms with van der Waals surface area (Å²) in [4.78, 5) is 5.00. The van der Waals surface area contributed by atoms with Gasteiger partial charge in [0.05, 0.1) is 0 Å². The third-order valence-electron chi connectivity index (χ3n) is 4.11. The number of hydrogen-bond donors (Lipinski definition) is 1. The van der Waals surface area contributed by atoms with Crippen LogP contribution in [0.1, 0.15) is 25.7 Å². The zero-order chi connectivity index (χ0) is 11.2. The molecule has 2 fully saturated rings. The lowest BCUT2D eigenvalue weighted by atomic mass is 10.1. The van der Waals surface area contributed by atoms with Gasteiger partial charge in [-0.15, -0.1) is 0 Å². The van der Waals surface area contributed by atoms with Gasteiger partial charge in [0.2, 0.25) is 0 Å². The monoisotopic (exact) mass is 225 g/mol. The number of rotatable bonds is 5. The lowest BCUT2D eigenvalue weighted by molar-refractivity contribution is 0.154. The molecule has 1 heterocycles. The largest absolute Gasteiger partial charge is 0.315 e. The normalized spacial score (nSPS) is 25.3. The quantitative estimate of drug-likeness (QED) is 0.705. The second kappa shape index (κ2) is 6.58. The molecule has 1 saturated heterocycles. The van der Waals surface area contributed by atoms with E-state index in [2.05, 4.69) is 22.2 Å². The van der Waals surface area contributed by atoms with Crippen LogP contribution >= 0.6 is 0 Å². The van der Waals surface area contributed by atoms with Crippen molar-refractivity contribution in [1.82, 2.24) is 15.1 Å². The van der Waals surface area contributed by atoms with E-state index in [0.29, 0.717) is 0 Å². The number of hydrogen-bond acceptors (Lipinski definition) is 3. The van der Waals surface area contributed by atoms with E-state index in [4.69, 9.17) is 0 Å². The van der Waals surface area contributed by atoms with E-state index in [1.54, 1.807) is 0 Å². The van der Waals surface area contributed by atoms with Crippen molar-refractivity contribution >= 4 is 0 Å². The molecule has 0 bridgehead atoms. The highest BCUT2D eigenvalue weighted by molar-refractivity contribution is 4.72. The highest BCUT2D eigenvalue weighted by atomic mass is 15.2. The van der Waals surface area contributed by atoms with Crippen molar-refractivity contribution in [2.45, 2.75) is 25.7 Å². The van der Waals surface area contributed by atoms with E-state index >= 15 is 0 Å². The first kappa shape index (κ1) is 12.3. The Labute approximate surface area is 100 Å². The summed E-state index contributed by atoms with van der Waals surface area (Å²) < 4.78 is 0. The maximum Gasteiger partial charge on any atom is 0.0110 e. The Hall–Kier alpha value is -0.120. The van der Waals surface area contributed by atoms with E-state index < -0.39 is 0 Å². The van der Waals surface area contributed by atoms with Gasteiger partial charge in [-0.25, -0.2) is 0 Å². The summed E-state index contributed by atoms with van der Waals surface area (Å²) in [6, 6.07) is 0. The van der Waals surface area contributed by atoms with E-state index in [-0.39, 0.29) is 0 Å². The maximum atomic E-state index is 3.63. The number of nitrogens with zero attached hydrogens (tertiary/aromatic N) is 2. The van der Waals surface area contributed by atoms with Crippen LogP contribution in [0.25, 0.3) is 0 Å². The van der Waals surface area contributed by atoms with Crippen LogP contribution in [0.2, 0.25) is 0 Å². The van der Waals surface area contributed by atoms with Gasteiger partial charge in [0.1, 0.15) is 0 Å². The van der Waals surface area contributed by atoms with Crippen molar-refractivity contribution in [3.8, 4) is 0 Å². The Morgan fingerprint density at radius 1 is 1.06 bits per heavy atom.